The number of allylic oxidation sites excluding steroid dienone is 1. The van der Waals surface area contributed by atoms with Gasteiger partial charge in [0, 0.05) is 0 Å². The van der Waals surface area contributed by atoms with Crippen LogP contribution in [0.4, 0.5) is 4.79 Å². The summed E-state index contributed by atoms with van der Waals surface area (Å²) < 4.78 is 10.2. The summed E-state index contributed by atoms with van der Waals surface area (Å²) in [5, 5.41) is 2.71. The number of rotatable bonds is 5. The summed E-state index contributed by atoms with van der Waals surface area (Å²) in [7, 11) is 1.32. The summed E-state index contributed by atoms with van der Waals surface area (Å²) in [4.78, 5) is 24.3. The number of amides is 1. The fourth-order valence-electron chi connectivity index (χ4n) is 1.83. The van der Waals surface area contributed by atoms with E-state index in [1.165, 1.54) is 7.11 Å². The van der Waals surface area contributed by atoms with E-state index in [1.807, 2.05) is 33.8 Å². The lowest BCUT2D eigenvalue weighted by Gasteiger charge is -2.35. The Morgan fingerprint density at radius 2 is 1.71 bits per heavy atom. The Labute approximate surface area is 128 Å². The van der Waals surface area contributed by atoms with Gasteiger partial charge in [-0.25, -0.2) is 9.59 Å². The molecule has 0 bridgehead atoms. The molecule has 0 aliphatic carbocycles. The van der Waals surface area contributed by atoms with E-state index < -0.39 is 23.2 Å². The van der Waals surface area contributed by atoms with Gasteiger partial charge in [0.15, 0.2) is 0 Å². The number of methoxy groups -OCH3 is 1. The second kappa shape index (κ2) is 7.48. The molecule has 21 heavy (non-hydrogen) atoms. The average molecular weight is 299 g/mol. The third-order valence-electron chi connectivity index (χ3n) is 3.09. The first-order valence-electron chi connectivity index (χ1n) is 7.17. The molecule has 1 N–H and O–H groups in total. The van der Waals surface area contributed by atoms with E-state index >= 15 is 0 Å². The average Bonchev–Trinajstić information content (AvgIpc) is 2.30. The van der Waals surface area contributed by atoms with Gasteiger partial charge in [0.2, 0.25) is 0 Å². The molecule has 5 heteroatoms. The number of hydrogen-bond acceptors (Lipinski definition) is 4. The molecule has 0 rings (SSSR count). The third-order valence-corrected chi connectivity index (χ3v) is 3.09. The van der Waals surface area contributed by atoms with Gasteiger partial charge in [-0.05, 0) is 47.0 Å². The summed E-state index contributed by atoms with van der Waals surface area (Å²) in [6.45, 7) is 12.9. The third kappa shape index (κ3) is 6.19. The van der Waals surface area contributed by atoms with Gasteiger partial charge in [0.1, 0.15) is 11.1 Å². The molecule has 0 fully saturated rings. The van der Waals surface area contributed by atoms with Crippen LogP contribution in [0.5, 0.6) is 0 Å². The van der Waals surface area contributed by atoms with Crippen LogP contribution < -0.4 is 5.32 Å². The lowest BCUT2D eigenvalue weighted by molar-refractivity contribution is -0.150. The van der Waals surface area contributed by atoms with Crippen LogP contribution in [0.2, 0.25) is 0 Å². The highest BCUT2D eigenvalue weighted by molar-refractivity contribution is 5.86. The van der Waals surface area contributed by atoms with E-state index in [0.717, 1.165) is 5.57 Å². The van der Waals surface area contributed by atoms with Crippen molar-refractivity contribution >= 4 is 12.1 Å². The van der Waals surface area contributed by atoms with Crippen molar-refractivity contribution in [2.75, 3.05) is 7.11 Å². The van der Waals surface area contributed by atoms with Gasteiger partial charge in [-0.3, -0.25) is 0 Å². The van der Waals surface area contributed by atoms with Gasteiger partial charge in [-0.15, -0.1) is 0 Å². The van der Waals surface area contributed by atoms with E-state index in [0.29, 0.717) is 6.42 Å². The van der Waals surface area contributed by atoms with Crippen molar-refractivity contribution in [1.82, 2.24) is 5.32 Å². The highest BCUT2D eigenvalue weighted by atomic mass is 16.6. The Hall–Kier alpha value is -1.52. The van der Waals surface area contributed by atoms with Gasteiger partial charge in [-0.2, -0.15) is 0 Å². The molecule has 0 spiro atoms. The largest absolute Gasteiger partial charge is 0.467 e. The maximum atomic E-state index is 12.3. The zero-order valence-corrected chi connectivity index (χ0v) is 14.5. The van der Waals surface area contributed by atoms with Crippen LogP contribution in [-0.4, -0.2) is 30.3 Å². The highest BCUT2D eigenvalue weighted by Gasteiger charge is 2.44. The van der Waals surface area contributed by atoms with Crippen molar-refractivity contribution in [3.05, 3.63) is 11.6 Å². The fourth-order valence-corrected chi connectivity index (χ4v) is 1.83. The molecule has 0 radical (unpaired) electrons. The molecule has 0 aliphatic rings. The van der Waals surface area contributed by atoms with Crippen LogP contribution in [0.1, 0.15) is 54.9 Å². The summed E-state index contributed by atoms with van der Waals surface area (Å²) in [6.07, 6.45) is 1.65. The van der Waals surface area contributed by atoms with Crippen molar-refractivity contribution in [3.8, 4) is 0 Å². The standard InChI is InChI=1S/C16H29NO4/c1-11(2)9-10-16(12(3)4,13(18)20-8)17-14(19)21-15(5,6)7/h9,12H,10H2,1-8H3,(H,17,19)/t16-/m1/s1. The van der Waals surface area contributed by atoms with Crippen molar-refractivity contribution in [3.63, 3.8) is 0 Å². The smallest absolute Gasteiger partial charge is 0.408 e. The Bertz CT molecular complexity index is 403. The van der Waals surface area contributed by atoms with Crippen molar-refractivity contribution in [2.45, 2.75) is 66.0 Å². The molecule has 0 aromatic rings. The van der Waals surface area contributed by atoms with E-state index in [4.69, 9.17) is 9.47 Å². The zero-order valence-electron chi connectivity index (χ0n) is 14.5. The van der Waals surface area contributed by atoms with Crippen LogP contribution in [-0.2, 0) is 14.3 Å². The molecule has 1 atom stereocenters. The van der Waals surface area contributed by atoms with Gasteiger partial charge >= 0.3 is 12.1 Å². The van der Waals surface area contributed by atoms with E-state index in [1.54, 1.807) is 20.8 Å². The second-order valence-corrected chi connectivity index (χ2v) is 6.73. The summed E-state index contributed by atoms with van der Waals surface area (Å²) in [6, 6.07) is 0. The quantitative estimate of drug-likeness (QED) is 0.624. The Kier molecular flexibility index (Phi) is 6.94. The number of alkyl carbamates (subject to hydrolysis) is 1. The number of carbonyl (C=O) groups is 2. The first-order chi connectivity index (χ1) is 9.44. The SMILES string of the molecule is COC(=O)[C@](CC=C(C)C)(NC(=O)OC(C)(C)C)C(C)C. The molecule has 0 aromatic carbocycles. The van der Waals surface area contributed by atoms with Crippen LogP contribution in [0.25, 0.3) is 0 Å². The van der Waals surface area contributed by atoms with Crippen LogP contribution in [0.15, 0.2) is 11.6 Å². The summed E-state index contributed by atoms with van der Waals surface area (Å²) in [5.41, 5.74) is -0.691. The monoisotopic (exact) mass is 299 g/mol. The Morgan fingerprint density at radius 1 is 1.19 bits per heavy atom. The normalized spacial score (nSPS) is 14.1. The maximum absolute atomic E-state index is 12.3. The predicted molar refractivity (Wildman–Crippen MR) is 83.0 cm³/mol. The summed E-state index contributed by atoms with van der Waals surface area (Å²) >= 11 is 0. The second-order valence-electron chi connectivity index (χ2n) is 6.73. The minimum absolute atomic E-state index is 0.145. The van der Waals surface area contributed by atoms with Gasteiger partial charge < -0.3 is 14.8 Å². The van der Waals surface area contributed by atoms with Crippen molar-refractivity contribution in [2.24, 2.45) is 5.92 Å². The van der Waals surface area contributed by atoms with E-state index in [9.17, 15) is 9.59 Å². The van der Waals surface area contributed by atoms with Crippen LogP contribution >= 0.6 is 0 Å². The zero-order chi connectivity index (χ0) is 16.8. The Balaban J connectivity index is 5.42. The molecule has 1 amide bonds. The molecule has 0 unspecified atom stereocenters. The topological polar surface area (TPSA) is 64.6 Å². The number of ether oxygens (including phenoxy) is 2. The molecular weight excluding hydrogens is 270 g/mol. The molecular formula is C16H29NO4. The predicted octanol–water partition coefficient (Wildman–Crippen LogP) is 3.44. The molecule has 122 valence electrons. The Morgan fingerprint density at radius 3 is 2.05 bits per heavy atom. The number of hydrogen-bond donors (Lipinski definition) is 1. The van der Waals surface area contributed by atoms with E-state index in [-0.39, 0.29) is 5.92 Å². The van der Waals surface area contributed by atoms with Crippen molar-refractivity contribution in [1.29, 1.82) is 0 Å². The maximum Gasteiger partial charge on any atom is 0.408 e. The fraction of sp³-hybridized carbons (Fsp3) is 0.750. The number of nitrogens with one attached hydrogen (secondary N) is 1. The molecule has 0 saturated heterocycles. The molecule has 0 aromatic heterocycles. The van der Waals surface area contributed by atoms with Crippen LogP contribution in [0.3, 0.4) is 0 Å². The van der Waals surface area contributed by atoms with Crippen LogP contribution in [0, 0.1) is 5.92 Å². The molecule has 0 aliphatic heterocycles. The first kappa shape index (κ1) is 19.5. The molecule has 5 nitrogen and oxygen atoms in total. The lowest BCUT2D eigenvalue weighted by Crippen LogP contribution is -2.59. The minimum Gasteiger partial charge on any atom is -0.467 e. The van der Waals surface area contributed by atoms with E-state index in [2.05, 4.69) is 5.32 Å². The number of carbonyl (C=O) groups excluding carboxylic acids is 2. The van der Waals surface area contributed by atoms with Gasteiger partial charge in [-0.1, -0.05) is 25.5 Å². The highest BCUT2D eigenvalue weighted by Crippen LogP contribution is 2.25. The summed E-state index contributed by atoms with van der Waals surface area (Å²) in [5.74, 6) is -0.617. The molecule has 0 saturated carbocycles. The number of esters is 1. The minimum atomic E-state index is -1.13. The molecule has 0 heterocycles. The van der Waals surface area contributed by atoms with Gasteiger partial charge in [0.05, 0.1) is 7.11 Å². The lowest BCUT2D eigenvalue weighted by atomic mass is 9.82. The first-order valence-corrected chi connectivity index (χ1v) is 7.17. The van der Waals surface area contributed by atoms with Gasteiger partial charge in [0.25, 0.3) is 0 Å². The van der Waals surface area contributed by atoms with Crippen molar-refractivity contribution < 1.29 is 19.1 Å².